The van der Waals surface area contributed by atoms with E-state index in [1.807, 2.05) is 20.8 Å². The molecular weight excluding hydrogens is 250 g/mol. The van der Waals surface area contributed by atoms with E-state index in [-0.39, 0.29) is 10.9 Å². The molecule has 0 aliphatic rings. The maximum atomic E-state index is 11.9. The molecule has 1 rings (SSSR count). The van der Waals surface area contributed by atoms with Crippen LogP contribution in [-0.4, -0.2) is 27.0 Å². The molecule has 1 atom stereocenters. The van der Waals surface area contributed by atoms with Crippen molar-refractivity contribution in [2.24, 2.45) is 5.73 Å². The van der Waals surface area contributed by atoms with Crippen LogP contribution in [0.15, 0.2) is 29.2 Å². The summed E-state index contributed by atoms with van der Waals surface area (Å²) in [6.07, 6.45) is 0. The molecule has 0 aromatic heterocycles. The fourth-order valence-corrected chi connectivity index (χ4v) is 2.26. The third-order valence-corrected chi connectivity index (χ3v) is 4.51. The Morgan fingerprint density at radius 2 is 1.83 bits per heavy atom. The highest BCUT2D eigenvalue weighted by Crippen LogP contribution is 2.24. The molecule has 1 aromatic carbocycles. The Kier molecular flexibility index (Phi) is 4.37. The fourth-order valence-electron chi connectivity index (χ4n) is 1.38. The van der Waals surface area contributed by atoms with Crippen molar-refractivity contribution in [3.05, 3.63) is 24.3 Å². The molecule has 102 valence electrons. The molecule has 4 N–H and O–H groups in total. The number of nitrogens with one attached hydrogen (secondary N) is 2. The van der Waals surface area contributed by atoms with Crippen molar-refractivity contribution in [1.82, 2.24) is 4.72 Å². The standard InChI is InChI=1S/C12H21N3O2S/c1-9(13)12(2,3)15-10-7-5-6-8-11(10)18(16,17)14-4/h5-9,14-15H,13H2,1-4H3. The number of rotatable bonds is 5. The van der Waals surface area contributed by atoms with Gasteiger partial charge >= 0.3 is 0 Å². The van der Waals surface area contributed by atoms with E-state index in [1.54, 1.807) is 24.3 Å². The lowest BCUT2D eigenvalue weighted by atomic mass is 9.96. The fraction of sp³-hybridized carbons (Fsp3) is 0.500. The number of anilines is 1. The number of hydrogen-bond donors (Lipinski definition) is 3. The summed E-state index contributed by atoms with van der Waals surface area (Å²) in [6.45, 7) is 5.74. The first-order valence-electron chi connectivity index (χ1n) is 5.77. The van der Waals surface area contributed by atoms with E-state index in [4.69, 9.17) is 5.73 Å². The van der Waals surface area contributed by atoms with Crippen molar-refractivity contribution < 1.29 is 8.42 Å². The maximum absolute atomic E-state index is 11.9. The number of hydrogen-bond acceptors (Lipinski definition) is 4. The molecule has 1 unspecified atom stereocenters. The van der Waals surface area contributed by atoms with Gasteiger partial charge in [-0.3, -0.25) is 0 Å². The quantitative estimate of drug-likeness (QED) is 0.749. The van der Waals surface area contributed by atoms with Gasteiger partial charge < -0.3 is 11.1 Å². The van der Waals surface area contributed by atoms with E-state index in [1.165, 1.54) is 7.05 Å². The number of nitrogens with two attached hydrogens (primary N) is 1. The molecule has 18 heavy (non-hydrogen) atoms. The Balaban J connectivity index is 3.20. The second kappa shape index (κ2) is 5.26. The van der Waals surface area contributed by atoms with Crippen molar-refractivity contribution in [2.75, 3.05) is 12.4 Å². The van der Waals surface area contributed by atoms with Gasteiger partial charge in [-0.2, -0.15) is 0 Å². The zero-order valence-corrected chi connectivity index (χ0v) is 12.0. The molecule has 0 heterocycles. The van der Waals surface area contributed by atoms with Crippen LogP contribution >= 0.6 is 0 Å². The topological polar surface area (TPSA) is 84.2 Å². The van der Waals surface area contributed by atoms with Gasteiger partial charge in [0, 0.05) is 11.6 Å². The smallest absolute Gasteiger partial charge is 0.242 e. The Labute approximate surface area is 109 Å². The number of benzene rings is 1. The van der Waals surface area contributed by atoms with E-state index in [9.17, 15) is 8.42 Å². The Morgan fingerprint density at radius 1 is 1.28 bits per heavy atom. The Morgan fingerprint density at radius 3 is 2.33 bits per heavy atom. The Hall–Kier alpha value is -1.11. The van der Waals surface area contributed by atoms with Crippen LogP contribution in [0.3, 0.4) is 0 Å². The highest BCUT2D eigenvalue weighted by atomic mass is 32.2. The molecule has 0 saturated carbocycles. The van der Waals surface area contributed by atoms with Crippen LogP contribution < -0.4 is 15.8 Å². The van der Waals surface area contributed by atoms with Crippen molar-refractivity contribution in [3.63, 3.8) is 0 Å². The minimum Gasteiger partial charge on any atom is -0.378 e. The zero-order valence-electron chi connectivity index (χ0n) is 11.2. The van der Waals surface area contributed by atoms with Gasteiger partial charge in [0.15, 0.2) is 0 Å². The predicted octanol–water partition coefficient (Wildman–Crippen LogP) is 1.13. The van der Waals surface area contributed by atoms with E-state index < -0.39 is 15.6 Å². The first-order valence-corrected chi connectivity index (χ1v) is 7.25. The van der Waals surface area contributed by atoms with E-state index in [0.717, 1.165) is 0 Å². The first kappa shape index (κ1) is 14.9. The van der Waals surface area contributed by atoms with Gasteiger partial charge in [-0.25, -0.2) is 13.1 Å². The average molecular weight is 271 g/mol. The molecule has 0 aliphatic heterocycles. The second-order valence-corrected chi connectivity index (χ2v) is 6.69. The van der Waals surface area contributed by atoms with Crippen LogP contribution in [0.1, 0.15) is 20.8 Å². The zero-order chi connectivity index (χ0) is 14.0. The van der Waals surface area contributed by atoms with Crippen molar-refractivity contribution in [3.8, 4) is 0 Å². The molecule has 6 heteroatoms. The van der Waals surface area contributed by atoms with Crippen LogP contribution in [0.5, 0.6) is 0 Å². The van der Waals surface area contributed by atoms with Gasteiger partial charge in [0.2, 0.25) is 10.0 Å². The number of sulfonamides is 1. The summed E-state index contributed by atoms with van der Waals surface area (Å²) >= 11 is 0. The summed E-state index contributed by atoms with van der Waals surface area (Å²) in [5.74, 6) is 0. The van der Waals surface area contributed by atoms with Crippen LogP contribution in [0.2, 0.25) is 0 Å². The highest BCUT2D eigenvalue weighted by Gasteiger charge is 2.25. The summed E-state index contributed by atoms with van der Waals surface area (Å²) in [5, 5.41) is 3.18. The lowest BCUT2D eigenvalue weighted by molar-refractivity contribution is 0.469. The van der Waals surface area contributed by atoms with Gasteiger partial charge in [-0.15, -0.1) is 0 Å². The molecule has 0 bridgehead atoms. The maximum Gasteiger partial charge on any atom is 0.242 e. The first-order chi connectivity index (χ1) is 8.20. The van der Waals surface area contributed by atoms with E-state index in [2.05, 4.69) is 10.0 Å². The molecular formula is C12H21N3O2S. The average Bonchev–Trinajstić information content (AvgIpc) is 2.29. The minimum atomic E-state index is -3.48. The van der Waals surface area contributed by atoms with Crippen LogP contribution in [0, 0.1) is 0 Å². The summed E-state index contributed by atoms with van der Waals surface area (Å²) in [5.41, 5.74) is 6.03. The van der Waals surface area contributed by atoms with Crippen LogP contribution in [-0.2, 0) is 10.0 Å². The van der Waals surface area contributed by atoms with Gasteiger partial charge in [-0.05, 0) is 40.0 Å². The Bertz CT molecular complexity index is 510. The normalized spacial score (nSPS) is 14.3. The molecule has 0 fully saturated rings. The molecule has 0 radical (unpaired) electrons. The van der Waals surface area contributed by atoms with E-state index >= 15 is 0 Å². The molecule has 0 spiro atoms. The van der Waals surface area contributed by atoms with Crippen molar-refractivity contribution in [2.45, 2.75) is 37.2 Å². The molecule has 0 saturated heterocycles. The largest absolute Gasteiger partial charge is 0.378 e. The lowest BCUT2D eigenvalue weighted by Crippen LogP contribution is -2.47. The summed E-state index contributed by atoms with van der Waals surface area (Å²) in [4.78, 5) is 0.223. The van der Waals surface area contributed by atoms with E-state index in [0.29, 0.717) is 5.69 Å². The van der Waals surface area contributed by atoms with Gasteiger partial charge in [0.25, 0.3) is 0 Å². The van der Waals surface area contributed by atoms with Gasteiger partial charge in [-0.1, -0.05) is 12.1 Å². The predicted molar refractivity (Wildman–Crippen MR) is 74.0 cm³/mol. The summed E-state index contributed by atoms with van der Waals surface area (Å²) in [6, 6.07) is 6.64. The highest BCUT2D eigenvalue weighted by molar-refractivity contribution is 7.89. The van der Waals surface area contributed by atoms with Gasteiger partial charge in [0.05, 0.1) is 5.69 Å². The third kappa shape index (κ3) is 3.22. The second-order valence-electron chi connectivity index (χ2n) is 4.84. The molecule has 0 aliphatic carbocycles. The monoisotopic (exact) mass is 271 g/mol. The summed E-state index contributed by atoms with van der Waals surface area (Å²) in [7, 11) is -2.09. The van der Waals surface area contributed by atoms with Crippen LogP contribution in [0.25, 0.3) is 0 Å². The van der Waals surface area contributed by atoms with Crippen molar-refractivity contribution >= 4 is 15.7 Å². The number of para-hydroxylation sites is 1. The molecule has 5 nitrogen and oxygen atoms in total. The third-order valence-electron chi connectivity index (χ3n) is 3.04. The summed E-state index contributed by atoms with van der Waals surface area (Å²) < 4.78 is 26.1. The SMILES string of the molecule is CNS(=O)(=O)c1ccccc1NC(C)(C)C(C)N. The lowest BCUT2D eigenvalue weighted by Gasteiger charge is -2.32. The molecule has 1 aromatic rings. The van der Waals surface area contributed by atoms with Crippen molar-refractivity contribution in [1.29, 1.82) is 0 Å². The van der Waals surface area contributed by atoms with Crippen LogP contribution in [0.4, 0.5) is 5.69 Å². The minimum absolute atomic E-state index is 0.122. The van der Waals surface area contributed by atoms with Gasteiger partial charge in [0.1, 0.15) is 4.90 Å². The molecule has 0 amide bonds.